The lowest BCUT2D eigenvalue weighted by Gasteiger charge is -2.21. The Bertz CT molecular complexity index is 448. The molecule has 1 N–H and O–H groups in total. The maximum Gasteiger partial charge on any atom is 0.224 e. The van der Waals surface area contributed by atoms with E-state index in [0.717, 1.165) is 12.0 Å². The Morgan fingerprint density at radius 2 is 1.94 bits per heavy atom. The lowest BCUT2D eigenvalue weighted by Crippen LogP contribution is -2.44. The maximum absolute atomic E-state index is 11.8. The van der Waals surface area contributed by atoms with Crippen molar-refractivity contribution in [2.45, 2.75) is 51.4 Å². The van der Waals surface area contributed by atoms with E-state index in [-0.39, 0.29) is 5.91 Å². The number of hydrogen-bond donors (Lipinski definition) is 1. The van der Waals surface area contributed by atoms with Crippen LogP contribution in [0.15, 0.2) is 18.2 Å². The van der Waals surface area contributed by atoms with Crippen molar-refractivity contribution in [3.63, 3.8) is 0 Å². The van der Waals surface area contributed by atoms with E-state index >= 15 is 0 Å². The highest BCUT2D eigenvalue weighted by molar-refractivity contribution is 6.16. The van der Waals surface area contributed by atoms with Gasteiger partial charge in [0.25, 0.3) is 0 Å². The van der Waals surface area contributed by atoms with Crippen LogP contribution < -0.4 is 5.32 Å². The second-order valence-corrected chi connectivity index (χ2v) is 5.76. The molecule has 1 aliphatic rings. The number of amides is 1. The van der Waals surface area contributed by atoms with E-state index in [1.807, 2.05) is 0 Å². The van der Waals surface area contributed by atoms with Gasteiger partial charge < -0.3 is 5.32 Å². The van der Waals surface area contributed by atoms with Crippen molar-refractivity contribution in [1.82, 2.24) is 5.32 Å². The molecule has 1 aromatic rings. The number of carbonyl (C=O) groups is 1. The number of fused-ring (bicyclic) bond motifs is 1. The molecule has 2 radical (unpaired) electrons. The van der Waals surface area contributed by atoms with Crippen LogP contribution in [-0.4, -0.2) is 19.2 Å². The predicted molar refractivity (Wildman–Crippen MR) is 74.8 cm³/mol. The molecule has 2 nitrogen and oxygen atoms in total. The zero-order chi connectivity index (χ0) is 13.2. The standard InChI is InChI=1S/C15H20BNO/c1-15(2,16)17-14(18)10-11-7-8-12-5-3-4-6-13(12)9-11/h7-9H,3-6,10H2,1-2H3,(H,17,18). The van der Waals surface area contributed by atoms with E-state index in [2.05, 4.69) is 23.5 Å². The van der Waals surface area contributed by atoms with Gasteiger partial charge in [-0.3, -0.25) is 4.79 Å². The number of carbonyl (C=O) groups excluding carboxylic acids is 1. The zero-order valence-corrected chi connectivity index (χ0v) is 11.3. The summed E-state index contributed by atoms with van der Waals surface area (Å²) in [6, 6.07) is 6.41. The molecule has 94 valence electrons. The van der Waals surface area contributed by atoms with Crippen molar-refractivity contribution in [3.05, 3.63) is 34.9 Å². The summed E-state index contributed by atoms with van der Waals surface area (Å²) in [6.07, 6.45) is 5.28. The Kier molecular flexibility index (Phi) is 3.79. The molecule has 0 aliphatic heterocycles. The molecule has 0 spiro atoms. The lowest BCUT2D eigenvalue weighted by atomic mass is 9.81. The zero-order valence-electron chi connectivity index (χ0n) is 11.3. The summed E-state index contributed by atoms with van der Waals surface area (Å²) < 4.78 is 0. The number of hydrogen-bond acceptors (Lipinski definition) is 1. The van der Waals surface area contributed by atoms with Gasteiger partial charge in [0.05, 0.1) is 6.42 Å². The number of aryl methyl sites for hydroxylation is 2. The number of benzene rings is 1. The normalized spacial score (nSPS) is 15.0. The fraction of sp³-hybridized carbons (Fsp3) is 0.533. The molecule has 1 aliphatic carbocycles. The van der Waals surface area contributed by atoms with Gasteiger partial charge in [-0.1, -0.05) is 32.0 Å². The smallest absolute Gasteiger partial charge is 0.224 e. The molecule has 0 heterocycles. The third-order valence-corrected chi connectivity index (χ3v) is 3.24. The van der Waals surface area contributed by atoms with Gasteiger partial charge in [-0.05, 0) is 47.8 Å². The first kappa shape index (κ1) is 13.2. The summed E-state index contributed by atoms with van der Waals surface area (Å²) in [7, 11) is 5.77. The van der Waals surface area contributed by atoms with Crippen LogP contribution in [0.25, 0.3) is 0 Å². The molecular weight excluding hydrogens is 221 g/mol. The Hall–Kier alpha value is -1.25. The van der Waals surface area contributed by atoms with Gasteiger partial charge in [-0.15, -0.1) is 0 Å². The predicted octanol–water partition coefficient (Wildman–Crippen LogP) is 2.13. The van der Waals surface area contributed by atoms with Crippen LogP contribution in [0.5, 0.6) is 0 Å². The Balaban J connectivity index is 2.04. The molecule has 0 atom stereocenters. The molecule has 0 saturated carbocycles. The summed E-state index contributed by atoms with van der Waals surface area (Å²) in [5.41, 5.74) is 3.30. The summed E-state index contributed by atoms with van der Waals surface area (Å²) >= 11 is 0. The third-order valence-electron chi connectivity index (χ3n) is 3.24. The third kappa shape index (κ3) is 3.62. The fourth-order valence-electron chi connectivity index (χ4n) is 2.49. The minimum atomic E-state index is -0.648. The number of nitrogens with one attached hydrogen (secondary N) is 1. The molecule has 1 amide bonds. The second kappa shape index (κ2) is 5.17. The first-order valence-corrected chi connectivity index (χ1v) is 6.65. The minimum Gasteiger partial charge on any atom is -0.359 e. The van der Waals surface area contributed by atoms with Crippen LogP contribution in [0.2, 0.25) is 0 Å². The van der Waals surface area contributed by atoms with Gasteiger partial charge in [-0.2, -0.15) is 0 Å². The van der Waals surface area contributed by atoms with E-state index in [1.54, 1.807) is 13.8 Å². The van der Waals surface area contributed by atoms with Crippen LogP contribution in [0.3, 0.4) is 0 Å². The maximum atomic E-state index is 11.8. The molecule has 1 aromatic carbocycles. The van der Waals surface area contributed by atoms with Crippen molar-refractivity contribution >= 4 is 13.8 Å². The first-order valence-electron chi connectivity index (χ1n) is 6.65. The highest BCUT2D eigenvalue weighted by Crippen LogP contribution is 2.22. The Morgan fingerprint density at radius 1 is 1.28 bits per heavy atom. The Morgan fingerprint density at radius 3 is 2.61 bits per heavy atom. The van der Waals surface area contributed by atoms with E-state index in [4.69, 9.17) is 7.85 Å². The van der Waals surface area contributed by atoms with Crippen LogP contribution in [-0.2, 0) is 24.1 Å². The van der Waals surface area contributed by atoms with E-state index in [1.165, 1.54) is 30.4 Å². The van der Waals surface area contributed by atoms with Crippen LogP contribution in [0.1, 0.15) is 43.4 Å². The van der Waals surface area contributed by atoms with Gasteiger partial charge in [0.1, 0.15) is 7.85 Å². The molecule has 2 rings (SSSR count). The molecule has 0 bridgehead atoms. The van der Waals surface area contributed by atoms with E-state index < -0.39 is 5.44 Å². The van der Waals surface area contributed by atoms with Crippen molar-refractivity contribution in [3.8, 4) is 0 Å². The average Bonchev–Trinajstić information content (AvgIpc) is 2.26. The van der Waals surface area contributed by atoms with Gasteiger partial charge in [0.2, 0.25) is 5.91 Å². The van der Waals surface area contributed by atoms with Crippen LogP contribution in [0, 0.1) is 0 Å². The summed E-state index contributed by atoms with van der Waals surface area (Å²) in [5, 5.41) is 2.79. The lowest BCUT2D eigenvalue weighted by molar-refractivity contribution is -0.121. The van der Waals surface area contributed by atoms with E-state index in [9.17, 15) is 4.79 Å². The molecule has 0 aromatic heterocycles. The quantitative estimate of drug-likeness (QED) is 0.807. The highest BCUT2D eigenvalue weighted by atomic mass is 16.1. The molecule has 0 unspecified atom stereocenters. The average molecular weight is 241 g/mol. The van der Waals surface area contributed by atoms with Crippen molar-refractivity contribution in [2.75, 3.05) is 0 Å². The molecule has 18 heavy (non-hydrogen) atoms. The van der Waals surface area contributed by atoms with Crippen molar-refractivity contribution in [1.29, 1.82) is 0 Å². The Labute approximate surface area is 111 Å². The van der Waals surface area contributed by atoms with Gasteiger partial charge in [-0.25, -0.2) is 0 Å². The van der Waals surface area contributed by atoms with Gasteiger partial charge in [0, 0.05) is 0 Å². The summed E-state index contributed by atoms with van der Waals surface area (Å²) in [4.78, 5) is 11.8. The summed E-state index contributed by atoms with van der Waals surface area (Å²) in [5.74, 6) is -0.0155. The second-order valence-electron chi connectivity index (χ2n) is 5.76. The topological polar surface area (TPSA) is 29.1 Å². The highest BCUT2D eigenvalue weighted by Gasteiger charge is 2.15. The van der Waals surface area contributed by atoms with Crippen molar-refractivity contribution < 1.29 is 4.79 Å². The molecule has 0 saturated heterocycles. The SMILES string of the molecule is [B]C(C)(C)NC(=O)Cc1ccc2c(c1)CCCC2. The first-order chi connectivity index (χ1) is 8.44. The van der Waals surface area contributed by atoms with Crippen LogP contribution >= 0.6 is 0 Å². The van der Waals surface area contributed by atoms with Gasteiger partial charge >= 0.3 is 0 Å². The van der Waals surface area contributed by atoms with Crippen LogP contribution in [0.4, 0.5) is 0 Å². The summed E-state index contributed by atoms with van der Waals surface area (Å²) in [6.45, 7) is 3.58. The largest absolute Gasteiger partial charge is 0.359 e. The van der Waals surface area contributed by atoms with Gasteiger partial charge in [0.15, 0.2) is 0 Å². The number of rotatable bonds is 3. The fourth-order valence-corrected chi connectivity index (χ4v) is 2.49. The monoisotopic (exact) mass is 241 g/mol. The van der Waals surface area contributed by atoms with E-state index in [0.29, 0.717) is 6.42 Å². The molecule has 3 heteroatoms. The molecule has 0 fully saturated rings. The van der Waals surface area contributed by atoms with Crippen molar-refractivity contribution in [2.24, 2.45) is 0 Å². The molecular formula is C15H20BNO. The minimum absolute atomic E-state index is 0.0155.